The smallest absolute Gasteiger partial charge is 0.259 e. The summed E-state index contributed by atoms with van der Waals surface area (Å²) in [6.07, 6.45) is 3.98. The molecule has 1 saturated heterocycles. The Hall–Kier alpha value is -2.77. The number of nitrogens with zero attached hydrogens (tertiary/aromatic N) is 4. The summed E-state index contributed by atoms with van der Waals surface area (Å²) < 4.78 is 7.38. The van der Waals surface area contributed by atoms with E-state index >= 15 is 0 Å². The highest BCUT2D eigenvalue weighted by Crippen LogP contribution is 2.21. The highest BCUT2D eigenvalue weighted by molar-refractivity contribution is 6.00. The van der Waals surface area contributed by atoms with Crippen LogP contribution in [0.3, 0.4) is 0 Å². The molecule has 1 aliphatic heterocycles. The molecule has 26 heavy (non-hydrogen) atoms. The molecule has 4 rings (SSSR count). The minimum atomic E-state index is -0.129. The van der Waals surface area contributed by atoms with E-state index in [1.54, 1.807) is 21.8 Å². The number of aromatic nitrogens is 3. The Morgan fingerprint density at radius 3 is 2.92 bits per heavy atom. The molecule has 0 bridgehead atoms. The van der Waals surface area contributed by atoms with Crippen molar-refractivity contribution < 1.29 is 9.53 Å². The Balaban J connectivity index is 1.70. The van der Waals surface area contributed by atoms with Crippen LogP contribution in [-0.2, 0) is 4.74 Å². The molecular formula is C19H21N5O2. The van der Waals surface area contributed by atoms with E-state index in [4.69, 9.17) is 10.5 Å². The van der Waals surface area contributed by atoms with Crippen LogP contribution in [0.2, 0.25) is 0 Å². The Labute approximate surface area is 151 Å². The summed E-state index contributed by atoms with van der Waals surface area (Å²) in [7, 11) is 0. The van der Waals surface area contributed by atoms with Gasteiger partial charge in [-0.25, -0.2) is 9.50 Å². The largest absolute Gasteiger partial charge is 0.375 e. The van der Waals surface area contributed by atoms with Crippen molar-refractivity contribution in [3.63, 3.8) is 0 Å². The number of amides is 1. The van der Waals surface area contributed by atoms with E-state index in [0.717, 1.165) is 17.7 Å². The summed E-state index contributed by atoms with van der Waals surface area (Å²) in [5.41, 5.74) is 8.72. The van der Waals surface area contributed by atoms with Gasteiger partial charge in [-0.1, -0.05) is 30.3 Å². The molecular weight excluding hydrogens is 330 g/mol. The standard InChI is InChI=1S/C19H21N5O2/c20-11-15-13-23(9-4-10-26-15)19(25)16-12-22-24-17(7-8-21-18(16)24)14-5-2-1-3-6-14/h1-3,5-8,12,15H,4,9-11,13,20H2. The first-order valence-corrected chi connectivity index (χ1v) is 8.77. The van der Waals surface area contributed by atoms with E-state index in [9.17, 15) is 4.79 Å². The second-order valence-electron chi connectivity index (χ2n) is 6.32. The topological polar surface area (TPSA) is 85.8 Å². The van der Waals surface area contributed by atoms with Crippen molar-refractivity contribution in [1.29, 1.82) is 0 Å². The van der Waals surface area contributed by atoms with Crippen molar-refractivity contribution in [2.75, 3.05) is 26.2 Å². The van der Waals surface area contributed by atoms with Crippen LogP contribution < -0.4 is 5.73 Å². The van der Waals surface area contributed by atoms with E-state index in [0.29, 0.717) is 37.5 Å². The number of nitrogens with two attached hydrogens (primary N) is 1. The molecule has 2 N–H and O–H groups in total. The predicted molar refractivity (Wildman–Crippen MR) is 97.7 cm³/mol. The number of hydrogen-bond donors (Lipinski definition) is 1. The third-order valence-electron chi connectivity index (χ3n) is 4.60. The van der Waals surface area contributed by atoms with Crippen LogP contribution in [0.5, 0.6) is 0 Å². The highest BCUT2D eigenvalue weighted by atomic mass is 16.5. The third-order valence-corrected chi connectivity index (χ3v) is 4.60. The van der Waals surface area contributed by atoms with E-state index in [2.05, 4.69) is 10.1 Å². The molecule has 1 aliphatic rings. The zero-order valence-electron chi connectivity index (χ0n) is 14.4. The van der Waals surface area contributed by atoms with Gasteiger partial charge in [0.2, 0.25) is 0 Å². The Morgan fingerprint density at radius 2 is 2.12 bits per heavy atom. The fraction of sp³-hybridized carbons (Fsp3) is 0.316. The second kappa shape index (κ2) is 7.23. The summed E-state index contributed by atoms with van der Waals surface area (Å²) in [5, 5.41) is 4.42. The van der Waals surface area contributed by atoms with Gasteiger partial charge in [-0.15, -0.1) is 0 Å². The van der Waals surface area contributed by atoms with Gasteiger partial charge in [-0.05, 0) is 12.5 Å². The van der Waals surface area contributed by atoms with Crippen LogP contribution in [0.25, 0.3) is 16.9 Å². The number of benzene rings is 1. The fourth-order valence-electron chi connectivity index (χ4n) is 3.26. The van der Waals surface area contributed by atoms with Gasteiger partial charge in [-0.3, -0.25) is 4.79 Å². The zero-order valence-corrected chi connectivity index (χ0v) is 14.4. The van der Waals surface area contributed by atoms with Gasteiger partial charge < -0.3 is 15.4 Å². The molecule has 0 spiro atoms. The summed E-state index contributed by atoms with van der Waals surface area (Å²) >= 11 is 0. The molecule has 0 aliphatic carbocycles. The number of carbonyl (C=O) groups excluding carboxylic acids is 1. The van der Waals surface area contributed by atoms with Crippen LogP contribution >= 0.6 is 0 Å². The van der Waals surface area contributed by atoms with Crippen molar-refractivity contribution in [2.24, 2.45) is 5.73 Å². The lowest BCUT2D eigenvalue weighted by Crippen LogP contribution is -2.39. The third kappa shape index (κ3) is 3.07. The Bertz CT molecular complexity index is 909. The van der Waals surface area contributed by atoms with E-state index in [1.165, 1.54) is 0 Å². The van der Waals surface area contributed by atoms with Gasteiger partial charge in [0.05, 0.1) is 18.0 Å². The molecule has 3 aromatic rings. The molecule has 1 amide bonds. The maximum absolute atomic E-state index is 13.1. The van der Waals surface area contributed by atoms with E-state index in [-0.39, 0.29) is 12.0 Å². The number of rotatable bonds is 3. The normalized spacial score (nSPS) is 18.0. The molecule has 7 nitrogen and oxygen atoms in total. The number of fused-ring (bicyclic) bond motifs is 1. The van der Waals surface area contributed by atoms with Crippen LogP contribution in [0.15, 0.2) is 48.8 Å². The monoisotopic (exact) mass is 351 g/mol. The van der Waals surface area contributed by atoms with E-state index < -0.39 is 0 Å². The van der Waals surface area contributed by atoms with Crippen molar-refractivity contribution >= 4 is 11.6 Å². The number of ether oxygens (including phenoxy) is 1. The molecule has 0 radical (unpaired) electrons. The van der Waals surface area contributed by atoms with Crippen LogP contribution in [0, 0.1) is 0 Å². The van der Waals surface area contributed by atoms with Crippen molar-refractivity contribution in [2.45, 2.75) is 12.5 Å². The SMILES string of the molecule is NCC1CN(C(=O)c2cnn3c(-c4ccccc4)ccnc23)CCCO1. The van der Waals surface area contributed by atoms with Crippen molar-refractivity contribution in [3.8, 4) is 11.3 Å². The van der Waals surface area contributed by atoms with E-state index in [1.807, 2.05) is 36.4 Å². The molecule has 1 unspecified atom stereocenters. The number of hydrogen-bond acceptors (Lipinski definition) is 5. The minimum Gasteiger partial charge on any atom is -0.375 e. The van der Waals surface area contributed by atoms with Gasteiger partial charge in [0, 0.05) is 38.0 Å². The van der Waals surface area contributed by atoms with Crippen LogP contribution in [0.4, 0.5) is 0 Å². The first kappa shape index (κ1) is 16.7. The molecule has 7 heteroatoms. The summed E-state index contributed by atoms with van der Waals surface area (Å²) in [6, 6.07) is 11.8. The van der Waals surface area contributed by atoms with Gasteiger partial charge in [-0.2, -0.15) is 5.10 Å². The van der Waals surface area contributed by atoms with Gasteiger partial charge in [0.25, 0.3) is 5.91 Å². The Kier molecular flexibility index (Phi) is 4.64. The fourth-order valence-corrected chi connectivity index (χ4v) is 3.26. The predicted octanol–water partition coefficient (Wildman–Crippen LogP) is 1.59. The minimum absolute atomic E-state index is 0.0818. The molecule has 2 aromatic heterocycles. The first-order valence-electron chi connectivity index (χ1n) is 8.77. The Morgan fingerprint density at radius 1 is 1.27 bits per heavy atom. The second-order valence-corrected chi connectivity index (χ2v) is 6.32. The van der Waals surface area contributed by atoms with Gasteiger partial charge in [0.15, 0.2) is 5.65 Å². The molecule has 134 valence electrons. The molecule has 1 atom stereocenters. The molecule has 1 fully saturated rings. The van der Waals surface area contributed by atoms with Gasteiger partial charge >= 0.3 is 0 Å². The molecule has 0 saturated carbocycles. The molecule has 3 heterocycles. The first-order chi connectivity index (χ1) is 12.8. The summed E-state index contributed by atoms with van der Waals surface area (Å²) in [5.74, 6) is -0.0818. The summed E-state index contributed by atoms with van der Waals surface area (Å²) in [6.45, 7) is 2.15. The van der Waals surface area contributed by atoms with Crippen LogP contribution in [0.1, 0.15) is 16.8 Å². The maximum atomic E-state index is 13.1. The van der Waals surface area contributed by atoms with Crippen LogP contribution in [-0.4, -0.2) is 57.8 Å². The quantitative estimate of drug-likeness (QED) is 0.774. The highest BCUT2D eigenvalue weighted by Gasteiger charge is 2.25. The maximum Gasteiger partial charge on any atom is 0.259 e. The lowest BCUT2D eigenvalue weighted by molar-refractivity contribution is 0.0521. The molecule has 1 aromatic carbocycles. The lowest BCUT2D eigenvalue weighted by atomic mass is 10.1. The summed E-state index contributed by atoms with van der Waals surface area (Å²) in [4.78, 5) is 19.3. The average molecular weight is 351 g/mol. The van der Waals surface area contributed by atoms with Crippen molar-refractivity contribution in [1.82, 2.24) is 19.5 Å². The zero-order chi connectivity index (χ0) is 17.9. The van der Waals surface area contributed by atoms with Crippen molar-refractivity contribution in [3.05, 3.63) is 54.4 Å². The number of carbonyl (C=O) groups is 1. The average Bonchev–Trinajstić information content (AvgIpc) is 2.98. The lowest BCUT2D eigenvalue weighted by Gasteiger charge is -2.22. The van der Waals surface area contributed by atoms with Gasteiger partial charge in [0.1, 0.15) is 5.56 Å².